The van der Waals surface area contributed by atoms with Crippen LogP contribution < -0.4 is 5.32 Å². The number of rotatable bonds is 7. The molecule has 120 valence electrons. The molecule has 1 aromatic carbocycles. The number of alkyl halides is 3. The third-order valence-electron chi connectivity index (χ3n) is 3.21. The zero-order valence-electron chi connectivity index (χ0n) is 12.1. The molecule has 7 heteroatoms. The third-order valence-corrected chi connectivity index (χ3v) is 4.80. The monoisotopic (exact) mass is 323 g/mol. The van der Waals surface area contributed by atoms with Gasteiger partial charge in [0.15, 0.2) is 0 Å². The molecule has 1 rings (SSSR count). The molecule has 1 unspecified atom stereocenters. The van der Waals surface area contributed by atoms with E-state index < -0.39 is 20.2 Å². The molecular formula is C14H20F3NO2S. The average Bonchev–Trinajstić information content (AvgIpc) is 2.42. The van der Waals surface area contributed by atoms with E-state index in [0.717, 1.165) is 19.0 Å². The minimum Gasteiger partial charge on any atom is -0.314 e. The number of halogens is 3. The Bertz CT molecular complexity index is 556. The van der Waals surface area contributed by atoms with E-state index in [9.17, 15) is 21.6 Å². The topological polar surface area (TPSA) is 46.2 Å². The van der Waals surface area contributed by atoms with Crippen molar-refractivity contribution in [3.05, 3.63) is 29.8 Å². The summed E-state index contributed by atoms with van der Waals surface area (Å²) < 4.78 is 61.4. The van der Waals surface area contributed by atoms with Gasteiger partial charge in [-0.15, -0.1) is 0 Å². The molecule has 0 bridgehead atoms. The van der Waals surface area contributed by atoms with Crippen LogP contribution >= 0.6 is 0 Å². The summed E-state index contributed by atoms with van der Waals surface area (Å²) in [6.45, 7) is 4.64. The molecule has 0 aliphatic heterocycles. The third kappa shape index (κ3) is 4.44. The summed E-state index contributed by atoms with van der Waals surface area (Å²) in [4.78, 5) is -0.644. The minimum atomic E-state index is -5.31. The van der Waals surface area contributed by atoms with Crippen molar-refractivity contribution in [3.8, 4) is 0 Å². The average molecular weight is 323 g/mol. The van der Waals surface area contributed by atoms with Crippen molar-refractivity contribution in [1.29, 1.82) is 0 Å². The molecule has 3 nitrogen and oxygen atoms in total. The Morgan fingerprint density at radius 3 is 2.33 bits per heavy atom. The summed E-state index contributed by atoms with van der Waals surface area (Å²) in [5.41, 5.74) is -5.08. The fourth-order valence-electron chi connectivity index (χ4n) is 2.03. The van der Waals surface area contributed by atoms with Crippen LogP contribution in [0.15, 0.2) is 29.2 Å². The molecule has 0 saturated heterocycles. The van der Waals surface area contributed by atoms with E-state index in [1.807, 2.05) is 13.8 Å². The second-order valence-corrected chi connectivity index (χ2v) is 6.73. The number of sulfone groups is 1. The first-order valence-corrected chi connectivity index (χ1v) is 8.35. The van der Waals surface area contributed by atoms with E-state index in [1.54, 1.807) is 6.07 Å². The molecule has 0 heterocycles. The summed E-state index contributed by atoms with van der Waals surface area (Å²) in [7, 11) is -5.31. The Kier molecular flexibility index (Phi) is 6.22. The van der Waals surface area contributed by atoms with Crippen LogP contribution in [0.25, 0.3) is 0 Å². The van der Waals surface area contributed by atoms with Crippen LogP contribution in [0.5, 0.6) is 0 Å². The molecule has 0 amide bonds. The van der Waals surface area contributed by atoms with Gasteiger partial charge in [0.2, 0.25) is 0 Å². The van der Waals surface area contributed by atoms with Crippen molar-refractivity contribution >= 4 is 9.84 Å². The largest absolute Gasteiger partial charge is 0.501 e. The fraction of sp³-hybridized carbons (Fsp3) is 0.571. The zero-order valence-corrected chi connectivity index (χ0v) is 12.9. The molecule has 0 saturated carbocycles. The first-order chi connectivity index (χ1) is 9.74. The molecular weight excluding hydrogens is 303 g/mol. The minimum absolute atomic E-state index is 0.0467. The molecule has 1 N–H and O–H groups in total. The number of hydrogen-bond donors (Lipinski definition) is 1. The summed E-state index contributed by atoms with van der Waals surface area (Å²) in [6.07, 6.45) is 1.86. The van der Waals surface area contributed by atoms with Crippen LogP contribution in [-0.4, -0.2) is 26.5 Å². The van der Waals surface area contributed by atoms with E-state index >= 15 is 0 Å². The van der Waals surface area contributed by atoms with Crippen LogP contribution in [0.4, 0.5) is 13.2 Å². The Labute approximate surface area is 123 Å². The maximum Gasteiger partial charge on any atom is 0.501 e. The lowest BCUT2D eigenvalue weighted by atomic mass is 10.0. The molecule has 0 fully saturated rings. The van der Waals surface area contributed by atoms with Gasteiger partial charge in [-0.3, -0.25) is 0 Å². The van der Waals surface area contributed by atoms with Gasteiger partial charge in [0.05, 0.1) is 4.90 Å². The summed E-state index contributed by atoms with van der Waals surface area (Å²) >= 11 is 0. The van der Waals surface area contributed by atoms with Crippen LogP contribution in [0.3, 0.4) is 0 Å². The lowest BCUT2D eigenvalue weighted by Gasteiger charge is -2.19. The zero-order chi connectivity index (χ0) is 16.1. The van der Waals surface area contributed by atoms with Gasteiger partial charge in [-0.1, -0.05) is 32.0 Å². The number of benzene rings is 1. The Balaban J connectivity index is 3.11. The smallest absolute Gasteiger partial charge is 0.314 e. The van der Waals surface area contributed by atoms with Gasteiger partial charge in [-0.25, -0.2) is 8.42 Å². The Morgan fingerprint density at radius 2 is 1.81 bits per heavy atom. The van der Waals surface area contributed by atoms with Gasteiger partial charge in [0.1, 0.15) is 0 Å². The van der Waals surface area contributed by atoms with Gasteiger partial charge in [-0.05, 0) is 37.4 Å². The number of nitrogens with one attached hydrogen (secondary N) is 1. The van der Waals surface area contributed by atoms with E-state index in [0.29, 0.717) is 6.42 Å². The van der Waals surface area contributed by atoms with Crippen LogP contribution in [0, 0.1) is 0 Å². The second-order valence-electron chi connectivity index (χ2n) is 4.82. The highest BCUT2D eigenvalue weighted by Gasteiger charge is 2.47. The molecule has 21 heavy (non-hydrogen) atoms. The maximum atomic E-state index is 12.7. The molecule has 0 spiro atoms. The standard InChI is InChI=1S/C14H20F3NO2S/c1-3-9-18-12(4-2)10-11-7-5-6-8-13(11)21(19,20)14(15,16)17/h5-8,12,18H,3-4,9-10H2,1-2H3. The molecule has 0 radical (unpaired) electrons. The second kappa shape index (κ2) is 7.26. The van der Waals surface area contributed by atoms with Crippen molar-refractivity contribution < 1.29 is 21.6 Å². The SMILES string of the molecule is CCCNC(CC)Cc1ccccc1S(=O)(=O)C(F)(F)F. The van der Waals surface area contributed by atoms with Gasteiger partial charge in [0.25, 0.3) is 9.84 Å². The quantitative estimate of drug-likeness (QED) is 0.837. The van der Waals surface area contributed by atoms with Crippen molar-refractivity contribution in [2.45, 2.75) is 49.6 Å². The molecule has 0 aliphatic carbocycles. The summed E-state index contributed by atoms with van der Waals surface area (Å²) in [5.74, 6) is 0. The van der Waals surface area contributed by atoms with Crippen molar-refractivity contribution in [2.24, 2.45) is 0 Å². The summed E-state index contributed by atoms with van der Waals surface area (Å²) in [5, 5.41) is 3.21. The first-order valence-electron chi connectivity index (χ1n) is 6.86. The van der Waals surface area contributed by atoms with Crippen molar-refractivity contribution in [2.75, 3.05) is 6.54 Å². The first kappa shape index (κ1) is 18.0. The van der Waals surface area contributed by atoms with Gasteiger partial charge in [0, 0.05) is 6.04 Å². The highest BCUT2D eigenvalue weighted by Crippen LogP contribution is 2.32. The molecule has 0 aromatic heterocycles. The van der Waals surface area contributed by atoms with E-state index in [1.165, 1.54) is 12.1 Å². The van der Waals surface area contributed by atoms with Crippen molar-refractivity contribution in [3.63, 3.8) is 0 Å². The lowest BCUT2D eigenvalue weighted by molar-refractivity contribution is -0.0436. The summed E-state index contributed by atoms with van der Waals surface area (Å²) in [6, 6.07) is 5.27. The lowest BCUT2D eigenvalue weighted by Crippen LogP contribution is -2.32. The van der Waals surface area contributed by atoms with Gasteiger partial charge < -0.3 is 5.32 Å². The van der Waals surface area contributed by atoms with E-state index in [-0.39, 0.29) is 18.0 Å². The van der Waals surface area contributed by atoms with Crippen LogP contribution in [0.2, 0.25) is 0 Å². The predicted molar refractivity (Wildman–Crippen MR) is 75.8 cm³/mol. The van der Waals surface area contributed by atoms with Gasteiger partial charge in [-0.2, -0.15) is 13.2 Å². The van der Waals surface area contributed by atoms with E-state index in [4.69, 9.17) is 0 Å². The highest BCUT2D eigenvalue weighted by molar-refractivity contribution is 7.92. The van der Waals surface area contributed by atoms with Gasteiger partial charge >= 0.3 is 5.51 Å². The molecule has 0 aliphatic rings. The predicted octanol–water partition coefficient (Wildman–Crippen LogP) is 3.30. The Morgan fingerprint density at radius 1 is 1.19 bits per heavy atom. The molecule has 1 atom stereocenters. The molecule has 1 aromatic rings. The number of hydrogen-bond acceptors (Lipinski definition) is 3. The highest BCUT2D eigenvalue weighted by atomic mass is 32.2. The van der Waals surface area contributed by atoms with Crippen molar-refractivity contribution in [1.82, 2.24) is 5.32 Å². The van der Waals surface area contributed by atoms with Crippen LogP contribution in [-0.2, 0) is 16.3 Å². The van der Waals surface area contributed by atoms with E-state index in [2.05, 4.69) is 5.32 Å². The maximum absolute atomic E-state index is 12.7. The normalized spacial score (nSPS) is 14.1. The Hall–Kier alpha value is -1.08. The van der Waals surface area contributed by atoms with Crippen LogP contribution in [0.1, 0.15) is 32.3 Å². The fourth-order valence-corrected chi connectivity index (χ4v) is 3.04.